The van der Waals surface area contributed by atoms with Gasteiger partial charge in [-0.15, -0.1) is 0 Å². The molecule has 14 heavy (non-hydrogen) atoms. The van der Waals surface area contributed by atoms with Crippen LogP contribution in [0.15, 0.2) is 24.4 Å². The summed E-state index contributed by atoms with van der Waals surface area (Å²) in [5, 5.41) is 8.38. The van der Waals surface area contributed by atoms with Crippen LogP contribution < -0.4 is 4.74 Å². The molecule has 74 valence electrons. The highest BCUT2D eigenvalue weighted by Gasteiger charge is 1.93. The first-order valence-corrected chi connectivity index (χ1v) is 4.22. The molecule has 0 bridgehead atoms. The molecule has 0 aromatic carbocycles. The summed E-state index contributed by atoms with van der Waals surface area (Å²) in [6.45, 7) is 2.44. The van der Waals surface area contributed by atoms with E-state index in [2.05, 4.69) is 4.98 Å². The SMILES string of the molecule is CCOc1ccc(C=CC(=O)O)cn1. The molecule has 1 heterocycles. The Bertz CT molecular complexity index is 330. The third-order valence-corrected chi connectivity index (χ3v) is 1.47. The molecule has 0 aliphatic heterocycles. The molecule has 0 saturated carbocycles. The van der Waals surface area contributed by atoms with Crippen molar-refractivity contribution in [1.29, 1.82) is 0 Å². The third-order valence-electron chi connectivity index (χ3n) is 1.47. The zero-order valence-corrected chi connectivity index (χ0v) is 7.80. The van der Waals surface area contributed by atoms with Gasteiger partial charge in [0.05, 0.1) is 6.61 Å². The third kappa shape index (κ3) is 3.26. The van der Waals surface area contributed by atoms with Crippen LogP contribution in [-0.4, -0.2) is 22.7 Å². The van der Waals surface area contributed by atoms with Gasteiger partial charge in [0.15, 0.2) is 0 Å². The molecule has 0 saturated heterocycles. The topological polar surface area (TPSA) is 59.4 Å². The lowest BCUT2D eigenvalue weighted by molar-refractivity contribution is -0.131. The van der Waals surface area contributed by atoms with E-state index in [1.807, 2.05) is 6.92 Å². The standard InChI is InChI=1S/C10H11NO3/c1-2-14-9-5-3-8(7-11-9)4-6-10(12)13/h3-7H,2H2,1H3,(H,12,13). The van der Waals surface area contributed by atoms with Crippen LogP contribution in [0.5, 0.6) is 5.88 Å². The number of carboxylic acids is 1. The Morgan fingerprint density at radius 3 is 2.93 bits per heavy atom. The second-order valence-electron chi connectivity index (χ2n) is 2.53. The van der Waals surface area contributed by atoms with Crippen molar-refractivity contribution < 1.29 is 14.6 Å². The highest BCUT2D eigenvalue weighted by molar-refractivity contribution is 5.85. The van der Waals surface area contributed by atoms with E-state index >= 15 is 0 Å². The lowest BCUT2D eigenvalue weighted by Crippen LogP contribution is -1.93. The average Bonchev–Trinajstić information content (AvgIpc) is 2.17. The Morgan fingerprint density at radius 2 is 2.43 bits per heavy atom. The summed E-state index contributed by atoms with van der Waals surface area (Å²) in [6, 6.07) is 3.45. The van der Waals surface area contributed by atoms with Crippen molar-refractivity contribution in [2.24, 2.45) is 0 Å². The maximum Gasteiger partial charge on any atom is 0.328 e. The van der Waals surface area contributed by atoms with Crippen LogP contribution in [0.4, 0.5) is 0 Å². The Morgan fingerprint density at radius 1 is 1.64 bits per heavy atom. The zero-order valence-electron chi connectivity index (χ0n) is 7.80. The smallest absolute Gasteiger partial charge is 0.328 e. The number of rotatable bonds is 4. The van der Waals surface area contributed by atoms with Crippen molar-refractivity contribution in [3.63, 3.8) is 0 Å². The van der Waals surface area contributed by atoms with Gasteiger partial charge >= 0.3 is 5.97 Å². The molecule has 1 aromatic rings. The second kappa shape index (κ2) is 5.01. The molecule has 1 aromatic heterocycles. The van der Waals surface area contributed by atoms with Crippen molar-refractivity contribution in [2.75, 3.05) is 6.61 Å². The van der Waals surface area contributed by atoms with E-state index in [0.717, 1.165) is 11.6 Å². The summed E-state index contributed by atoms with van der Waals surface area (Å²) in [5.74, 6) is -0.432. The van der Waals surface area contributed by atoms with E-state index in [9.17, 15) is 4.79 Å². The van der Waals surface area contributed by atoms with Crippen LogP contribution in [0.25, 0.3) is 6.08 Å². The van der Waals surface area contributed by atoms with Crippen molar-refractivity contribution in [3.8, 4) is 5.88 Å². The van der Waals surface area contributed by atoms with Crippen LogP contribution >= 0.6 is 0 Å². The Labute approximate surface area is 81.9 Å². The first kappa shape index (κ1) is 10.2. The maximum absolute atomic E-state index is 10.2. The zero-order chi connectivity index (χ0) is 10.4. The van der Waals surface area contributed by atoms with Gasteiger partial charge in [0.1, 0.15) is 0 Å². The highest BCUT2D eigenvalue weighted by atomic mass is 16.5. The summed E-state index contributed by atoms with van der Waals surface area (Å²) >= 11 is 0. The number of hydrogen-bond acceptors (Lipinski definition) is 3. The van der Waals surface area contributed by atoms with Crippen LogP contribution in [0.1, 0.15) is 12.5 Å². The monoisotopic (exact) mass is 193 g/mol. The van der Waals surface area contributed by atoms with E-state index in [0.29, 0.717) is 12.5 Å². The fourth-order valence-corrected chi connectivity index (χ4v) is 0.891. The lowest BCUT2D eigenvalue weighted by Gasteiger charge is -2.00. The number of hydrogen-bond donors (Lipinski definition) is 1. The largest absolute Gasteiger partial charge is 0.478 e. The normalized spacial score (nSPS) is 10.4. The number of aromatic nitrogens is 1. The van der Waals surface area contributed by atoms with Crippen LogP contribution in [0.2, 0.25) is 0 Å². The molecule has 0 radical (unpaired) electrons. The van der Waals surface area contributed by atoms with Crippen molar-refractivity contribution in [3.05, 3.63) is 30.0 Å². The molecular formula is C10H11NO3. The number of carbonyl (C=O) groups is 1. The van der Waals surface area contributed by atoms with E-state index in [-0.39, 0.29) is 0 Å². The molecule has 0 spiro atoms. The minimum atomic E-state index is -0.973. The van der Waals surface area contributed by atoms with E-state index < -0.39 is 5.97 Å². The van der Waals surface area contributed by atoms with Gasteiger partial charge in [-0.2, -0.15) is 0 Å². The number of ether oxygens (including phenoxy) is 1. The van der Waals surface area contributed by atoms with E-state index in [1.54, 1.807) is 18.3 Å². The summed E-state index contributed by atoms with van der Waals surface area (Å²) in [6.07, 6.45) is 4.10. The minimum absolute atomic E-state index is 0.542. The number of pyridine rings is 1. The number of nitrogens with zero attached hydrogens (tertiary/aromatic N) is 1. The molecule has 4 heteroatoms. The van der Waals surface area contributed by atoms with Gasteiger partial charge in [-0.1, -0.05) is 0 Å². The van der Waals surface area contributed by atoms with Crippen LogP contribution in [-0.2, 0) is 4.79 Å². The van der Waals surface area contributed by atoms with Crippen molar-refractivity contribution in [1.82, 2.24) is 4.98 Å². The van der Waals surface area contributed by atoms with Gasteiger partial charge in [0.2, 0.25) is 5.88 Å². The molecule has 0 fully saturated rings. The molecule has 1 rings (SSSR count). The Balaban J connectivity index is 2.68. The summed E-state index contributed by atoms with van der Waals surface area (Å²) < 4.78 is 5.13. The predicted molar refractivity (Wildman–Crippen MR) is 52.1 cm³/mol. The van der Waals surface area contributed by atoms with Gasteiger partial charge in [-0.25, -0.2) is 9.78 Å². The Hall–Kier alpha value is -1.84. The fraction of sp³-hybridized carbons (Fsp3) is 0.200. The van der Waals surface area contributed by atoms with Crippen LogP contribution in [0, 0.1) is 0 Å². The molecule has 0 atom stereocenters. The quantitative estimate of drug-likeness (QED) is 0.737. The molecule has 0 amide bonds. The summed E-state index contributed by atoms with van der Waals surface area (Å²) in [7, 11) is 0. The molecule has 0 unspecified atom stereocenters. The first-order chi connectivity index (χ1) is 6.72. The van der Waals surface area contributed by atoms with E-state index in [1.165, 1.54) is 6.08 Å². The van der Waals surface area contributed by atoms with Crippen molar-refractivity contribution >= 4 is 12.0 Å². The predicted octanol–water partition coefficient (Wildman–Crippen LogP) is 1.58. The molecular weight excluding hydrogens is 182 g/mol. The van der Waals surface area contributed by atoms with Gasteiger partial charge in [-0.05, 0) is 24.6 Å². The van der Waals surface area contributed by atoms with Crippen LogP contribution in [0.3, 0.4) is 0 Å². The lowest BCUT2D eigenvalue weighted by atomic mass is 10.2. The molecule has 0 aliphatic carbocycles. The second-order valence-corrected chi connectivity index (χ2v) is 2.53. The van der Waals surface area contributed by atoms with Gasteiger partial charge in [0, 0.05) is 18.3 Å². The minimum Gasteiger partial charge on any atom is -0.478 e. The molecule has 0 aliphatic rings. The first-order valence-electron chi connectivity index (χ1n) is 4.22. The Kier molecular flexibility index (Phi) is 3.67. The van der Waals surface area contributed by atoms with Crippen molar-refractivity contribution in [2.45, 2.75) is 6.92 Å². The maximum atomic E-state index is 10.2. The highest BCUT2D eigenvalue weighted by Crippen LogP contribution is 2.08. The van der Waals surface area contributed by atoms with Gasteiger partial charge < -0.3 is 9.84 Å². The number of carboxylic acid groups (broad SMARTS) is 1. The van der Waals surface area contributed by atoms with Gasteiger partial charge in [0.25, 0.3) is 0 Å². The fourth-order valence-electron chi connectivity index (χ4n) is 0.891. The summed E-state index contributed by atoms with van der Waals surface area (Å²) in [4.78, 5) is 14.2. The van der Waals surface area contributed by atoms with Gasteiger partial charge in [-0.3, -0.25) is 0 Å². The molecule has 1 N–H and O–H groups in total. The number of aliphatic carboxylic acids is 1. The van der Waals surface area contributed by atoms with E-state index in [4.69, 9.17) is 9.84 Å². The average molecular weight is 193 g/mol. The molecule has 4 nitrogen and oxygen atoms in total. The summed E-state index contributed by atoms with van der Waals surface area (Å²) in [5.41, 5.74) is 0.732.